The molecular weight excluding hydrogens is 304 g/mol. The Balaban J connectivity index is 2.16. The van der Waals surface area contributed by atoms with Crippen LogP contribution in [0.2, 0.25) is 0 Å². The number of pyridine rings is 1. The minimum absolute atomic E-state index is 0.0337. The number of aliphatic hydroxyl groups excluding tert-OH is 1. The van der Waals surface area contributed by atoms with Crippen LogP contribution in [-0.4, -0.2) is 14.7 Å². The molecule has 3 nitrogen and oxygen atoms in total. The van der Waals surface area contributed by atoms with Crippen molar-refractivity contribution in [3.05, 3.63) is 52.8 Å². The van der Waals surface area contributed by atoms with Crippen LogP contribution in [0.4, 0.5) is 0 Å². The Labute approximate surface area is 120 Å². The van der Waals surface area contributed by atoms with Gasteiger partial charge in [-0.1, -0.05) is 28.1 Å². The van der Waals surface area contributed by atoms with Crippen LogP contribution in [0.3, 0.4) is 0 Å². The van der Waals surface area contributed by atoms with Gasteiger partial charge in [-0.15, -0.1) is 0 Å². The maximum Gasteiger partial charge on any atom is 0.119 e. The fourth-order valence-corrected chi connectivity index (χ4v) is 2.54. The van der Waals surface area contributed by atoms with Crippen LogP contribution in [-0.2, 0) is 6.73 Å². The van der Waals surface area contributed by atoms with E-state index in [2.05, 4.69) is 40.0 Å². The van der Waals surface area contributed by atoms with E-state index in [1.807, 2.05) is 30.6 Å². The van der Waals surface area contributed by atoms with E-state index in [0.29, 0.717) is 0 Å². The molecular formula is C15H13BrN2O. The molecule has 0 radical (unpaired) electrons. The third-order valence-corrected chi connectivity index (χ3v) is 4.13. The SMILES string of the molecule is Cc1c(Br)cccc1-c1cc2ccn(CO)cc-2n1. The summed E-state index contributed by atoms with van der Waals surface area (Å²) in [6.07, 6.45) is 3.70. The number of halogens is 1. The highest BCUT2D eigenvalue weighted by molar-refractivity contribution is 9.10. The average molecular weight is 317 g/mol. The minimum Gasteiger partial charge on any atom is -0.376 e. The quantitative estimate of drug-likeness (QED) is 0.783. The Hall–Kier alpha value is -1.65. The summed E-state index contributed by atoms with van der Waals surface area (Å²) in [6, 6.07) is 10.2. The summed E-state index contributed by atoms with van der Waals surface area (Å²) in [7, 11) is 0. The molecule has 0 saturated carbocycles. The van der Waals surface area contributed by atoms with E-state index in [4.69, 9.17) is 5.11 Å². The Kier molecular flexibility index (Phi) is 3.12. The number of nitrogens with zero attached hydrogens (tertiary/aromatic N) is 2. The average Bonchev–Trinajstić information content (AvgIpc) is 2.84. The summed E-state index contributed by atoms with van der Waals surface area (Å²) in [5.74, 6) is 0. The zero-order valence-corrected chi connectivity index (χ0v) is 12.1. The molecule has 0 spiro atoms. The van der Waals surface area contributed by atoms with Gasteiger partial charge in [0.25, 0.3) is 0 Å². The standard InChI is InChI=1S/C15H13BrN2O/c1-10-12(3-2-4-13(10)16)14-7-11-5-6-18(9-19)8-15(11)17-14/h2-8,19H,9H2,1H3. The summed E-state index contributed by atoms with van der Waals surface area (Å²) < 4.78 is 2.79. The predicted molar refractivity (Wildman–Crippen MR) is 78.9 cm³/mol. The van der Waals surface area contributed by atoms with Crippen molar-refractivity contribution >= 4 is 15.9 Å². The molecule has 0 saturated heterocycles. The third kappa shape index (κ3) is 2.17. The summed E-state index contributed by atoms with van der Waals surface area (Å²) in [6.45, 7) is 2.04. The molecule has 2 heterocycles. The lowest BCUT2D eigenvalue weighted by molar-refractivity contribution is 0.210. The van der Waals surface area contributed by atoms with Gasteiger partial charge in [-0.25, -0.2) is 4.98 Å². The van der Waals surface area contributed by atoms with Gasteiger partial charge in [-0.2, -0.15) is 0 Å². The van der Waals surface area contributed by atoms with Gasteiger partial charge in [-0.05, 0) is 30.7 Å². The molecule has 4 heteroatoms. The summed E-state index contributed by atoms with van der Waals surface area (Å²) in [5.41, 5.74) is 5.25. The predicted octanol–water partition coefficient (Wildman–Crippen LogP) is 3.68. The van der Waals surface area contributed by atoms with Gasteiger partial charge in [0.05, 0.1) is 11.4 Å². The lowest BCUT2D eigenvalue weighted by Gasteiger charge is -2.04. The van der Waals surface area contributed by atoms with E-state index in [9.17, 15) is 0 Å². The van der Waals surface area contributed by atoms with Crippen molar-refractivity contribution in [1.82, 2.24) is 9.55 Å². The number of rotatable bonds is 2. The van der Waals surface area contributed by atoms with Gasteiger partial charge in [-0.3, -0.25) is 0 Å². The maximum absolute atomic E-state index is 9.13. The van der Waals surface area contributed by atoms with E-state index in [1.165, 1.54) is 5.56 Å². The van der Waals surface area contributed by atoms with Crippen LogP contribution in [0.1, 0.15) is 5.56 Å². The van der Waals surface area contributed by atoms with Crippen LogP contribution >= 0.6 is 15.9 Å². The zero-order valence-electron chi connectivity index (χ0n) is 10.5. The van der Waals surface area contributed by atoms with Crippen molar-refractivity contribution in [3.8, 4) is 22.5 Å². The van der Waals surface area contributed by atoms with Gasteiger partial charge in [0, 0.05) is 28.0 Å². The van der Waals surface area contributed by atoms with E-state index in [1.54, 1.807) is 4.57 Å². The van der Waals surface area contributed by atoms with Gasteiger partial charge in [0.2, 0.25) is 0 Å². The Bertz CT molecular complexity index is 705. The monoisotopic (exact) mass is 316 g/mol. The second kappa shape index (κ2) is 4.79. The molecule has 0 aliphatic carbocycles. The highest BCUT2D eigenvalue weighted by Gasteiger charge is 2.12. The van der Waals surface area contributed by atoms with Crippen molar-refractivity contribution in [2.24, 2.45) is 0 Å². The van der Waals surface area contributed by atoms with E-state index in [-0.39, 0.29) is 6.73 Å². The second-order valence-electron chi connectivity index (χ2n) is 4.49. The molecule has 0 aromatic heterocycles. The fourth-order valence-electron chi connectivity index (χ4n) is 2.17. The van der Waals surface area contributed by atoms with Crippen molar-refractivity contribution in [2.75, 3.05) is 0 Å². The first-order valence-corrected chi connectivity index (χ1v) is 6.81. The largest absolute Gasteiger partial charge is 0.376 e. The van der Waals surface area contributed by atoms with Crippen LogP contribution < -0.4 is 0 Å². The van der Waals surface area contributed by atoms with E-state index >= 15 is 0 Å². The molecule has 0 atom stereocenters. The first-order chi connectivity index (χ1) is 9.19. The van der Waals surface area contributed by atoms with Crippen molar-refractivity contribution in [1.29, 1.82) is 0 Å². The Morgan fingerprint density at radius 2 is 2.11 bits per heavy atom. The fraction of sp³-hybridized carbons (Fsp3) is 0.133. The second-order valence-corrected chi connectivity index (χ2v) is 5.35. The van der Waals surface area contributed by atoms with Gasteiger partial charge in [0.15, 0.2) is 0 Å². The van der Waals surface area contributed by atoms with Crippen molar-refractivity contribution < 1.29 is 5.11 Å². The number of aromatic nitrogens is 2. The zero-order chi connectivity index (χ0) is 13.4. The van der Waals surface area contributed by atoms with Crippen LogP contribution in [0.15, 0.2) is 47.2 Å². The topological polar surface area (TPSA) is 38.0 Å². The highest BCUT2D eigenvalue weighted by Crippen LogP contribution is 2.32. The summed E-state index contributed by atoms with van der Waals surface area (Å²) in [5, 5.41) is 9.13. The van der Waals surface area contributed by atoms with Gasteiger partial charge >= 0.3 is 0 Å². The number of aliphatic hydroxyl groups is 1. The molecule has 19 heavy (non-hydrogen) atoms. The van der Waals surface area contributed by atoms with Gasteiger partial charge in [0.1, 0.15) is 6.73 Å². The molecule has 3 rings (SSSR count). The van der Waals surface area contributed by atoms with Crippen LogP contribution in [0, 0.1) is 6.92 Å². The molecule has 0 bridgehead atoms. The molecule has 2 aliphatic heterocycles. The van der Waals surface area contributed by atoms with Crippen molar-refractivity contribution in [3.63, 3.8) is 0 Å². The van der Waals surface area contributed by atoms with Gasteiger partial charge < -0.3 is 9.67 Å². The first kappa shape index (κ1) is 12.4. The molecule has 0 fully saturated rings. The van der Waals surface area contributed by atoms with Crippen LogP contribution in [0.5, 0.6) is 0 Å². The minimum atomic E-state index is -0.0337. The molecule has 0 amide bonds. The number of benzene rings is 1. The molecule has 1 N–H and O–H groups in total. The molecule has 1 aromatic carbocycles. The number of hydrogen-bond donors (Lipinski definition) is 1. The third-order valence-electron chi connectivity index (χ3n) is 3.27. The molecule has 2 aliphatic rings. The Morgan fingerprint density at radius 3 is 2.89 bits per heavy atom. The molecule has 1 aromatic rings. The highest BCUT2D eigenvalue weighted by atomic mass is 79.9. The smallest absolute Gasteiger partial charge is 0.119 e. The normalized spacial score (nSPS) is 11.1. The lowest BCUT2D eigenvalue weighted by Crippen LogP contribution is -1.97. The van der Waals surface area contributed by atoms with Crippen molar-refractivity contribution in [2.45, 2.75) is 13.7 Å². The summed E-state index contributed by atoms with van der Waals surface area (Å²) in [4.78, 5) is 4.64. The van der Waals surface area contributed by atoms with Crippen LogP contribution in [0.25, 0.3) is 22.5 Å². The summed E-state index contributed by atoms with van der Waals surface area (Å²) >= 11 is 3.55. The first-order valence-electron chi connectivity index (χ1n) is 6.02. The number of fused-ring (bicyclic) bond motifs is 1. The number of hydrogen-bond acceptors (Lipinski definition) is 2. The molecule has 96 valence electrons. The molecule has 0 unspecified atom stereocenters. The maximum atomic E-state index is 9.13. The van der Waals surface area contributed by atoms with E-state index < -0.39 is 0 Å². The lowest BCUT2D eigenvalue weighted by atomic mass is 10.1. The Morgan fingerprint density at radius 1 is 1.26 bits per heavy atom. The van der Waals surface area contributed by atoms with E-state index in [0.717, 1.165) is 27.0 Å².